The van der Waals surface area contributed by atoms with Gasteiger partial charge < -0.3 is 4.74 Å². The van der Waals surface area contributed by atoms with E-state index < -0.39 is 10.0 Å². The minimum absolute atomic E-state index is 0.0528. The molecule has 2 unspecified atom stereocenters. The van der Waals surface area contributed by atoms with Crippen LogP contribution in [0.3, 0.4) is 0 Å². The minimum atomic E-state index is -3.44. The lowest BCUT2D eigenvalue weighted by atomic mass is 9.97. The van der Waals surface area contributed by atoms with E-state index in [0.29, 0.717) is 27.6 Å². The van der Waals surface area contributed by atoms with Crippen LogP contribution in [0.25, 0.3) is 0 Å². The van der Waals surface area contributed by atoms with Gasteiger partial charge in [-0.05, 0) is 59.8 Å². The van der Waals surface area contributed by atoms with Crippen LogP contribution in [0.15, 0.2) is 27.6 Å². The Kier molecular flexibility index (Phi) is 4.76. The van der Waals surface area contributed by atoms with Crippen molar-refractivity contribution in [3.63, 3.8) is 0 Å². The maximum absolute atomic E-state index is 12.8. The molecule has 0 saturated carbocycles. The Hall–Kier alpha value is -0.590. The lowest BCUT2D eigenvalue weighted by Gasteiger charge is -2.35. The van der Waals surface area contributed by atoms with Crippen molar-refractivity contribution in [3.8, 4) is 5.75 Å². The summed E-state index contributed by atoms with van der Waals surface area (Å²) in [6.45, 7) is 4.66. The van der Waals surface area contributed by atoms with Gasteiger partial charge in [-0.25, -0.2) is 8.42 Å². The third kappa shape index (κ3) is 3.02. The van der Waals surface area contributed by atoms with Crippen LogP contribution in [0.4, 0.5) is 0 Å². The first-order valence-corrected chi connectivity index (χ1v) is 8.95. The molecule has 0 radical (unpaired) electrons. The Morgan fingerprint density at radius 1 is 1.30 bits per heavy atom. The number of hydrogen-bond donors (Lipinski definition) is 0. The van der Waals surface area contributed by atoms with E-state index in [1.165, 1.54) is 0 Å². The van der Waals surface area contributed by atoms with E-state index in [4.69, 9.17) is 4.74 Å². The molecule has 1 aromatic carbocycles. The number of nitrogens with zero attached hydrogens (tertiary/aromatic N) is 1. The molecule has 1 fully saturated rings. The van der Waals surface area contributed by atoms with E-state index in [-0.39, 0.29) is 6.04 Å². The first-order valence-electron chi connectivity index (χ1n) is 6.71. The maximum Gasteiger partial charge on any atom is 0.243 e. The number of halogens is 1. The van der Waals surface area contributed by atoms with E-state index in [1.807, 2.05) is 6.92 Å². The van der Waals surface area contributed by atoms with Gasteiger partial charge >= 0.3 is 0 Å². The lowest BCUT2D eigenvalue weighted by Crippen LogP contribution is -2.44. The van der Waals surface area contributed by atoms with Crippen LogP contribution in [-0.4, -0.2) is 32.4 Å². The van der Waals surface area contributed by atoms with E-state index in [2.05, 4.69) is 22.9 Å². The van der Waals surface area contributed by atoms with Gasteiger partial charge in [-0.1, -0.05) is 6.92 Å². The van der Waals surface area contributed by atoms with E-state index in [9.17, 15) is 8.42 Å². The maximum atomic E-state index is 12.8. The van der Waals surface area contributed by atoms with E-state index in [1.54, 1.807) is 29.6 Å². The van der Waals surface area contributed by atoms with Gasteiger partial charge in [0.1, 0.15) is 5.75 Å². The molecule has 1 saturated heterocycles. The zero-order valence-electron chi connectivity index (χ0n) is 12.0. The Bertz CT molecular complexity index is 588. The molecule has 4 nitrogen and oxygen atoms in total. The smallest absolute Gasteiger partial charge is 0.243 e. The second kappa shape index (κ2) is 6.03. The van der Waals surface area contributed by atoms with Crippen LogP contribution in [0.5, 0.6) is 5.75 Å². The van der Waals surface area contributed by atoms with Crippen LogP contribution in [0, 0.1) is 5.92 Å². The first-order chi connectivity index (χ1) is 9.36. The van der Waals surface area contributed by atoms with Crippen molar-refractivity contribution < 1.29 is 13.2 Å². The monoisotopic (exact) mass is 361 g/mol. The summed E-state index contributed by atoms with van der Waals surface area (Å²) < 4.78 is 32.9. The number of methoxy groups -OCH3 is 1. The van der Waals surface area contributed by atoms with Gasteiger partial charge in [-0.15, -0.1) is 0 Å². The molecule has 1 aromatic rings. The molecule has 2 atom stereocenters. The van der Waals surface area contributed by atoms with Gasteiger partial charge in [0.2, 0.25) is 10.0 Å². The number of benzene rings is 1. The summed E-state index contributed by atoms with van der Waals surface area (Å²) in [6, 6.07) is 4.94. The highest BCUT2D eigenvalue weighted by atomic mass is 79.9. The van der Waals surface area contributed by atoms with Crippen LogP contribution < -0.4 is 4.74 Å². The van der Waals surface area contributed by atoms with Gasteiger partial charge in [-0.2, -0.15) is 4.31 Å². The fourth-order valence-corrected chi connectivity index (χ4v) is 5.03. The summed E-state index contributed by atoms with van der Waals surface area (Å²) in [5.41, 5.74) is 0. The lowest BCUT2D eigenvalue weighted by molar-refractivity contribution is 0.218. The molecule has 112 valence electrons. The van der Waals surface area contributed by atoms with Gasteiger partial charge in [-0.3, -0.25) is 0 Å². The van der Waals surface area contributed by atoms with Crippen molar-refractivity contribution in [3.05, 3.63) is 22.7 Å². The van der Waals surface area contributed by atoms with Crippen LogP contribution >= 0.6 is 15.9 Å². The summed E-state index contributed by atoms with van der Waals surface area (Å²) >= 11 is 3.34. The standard InChI is InChI=1S/C14H20BrNO3S/c1-10-4-5-11(2)16(9-10)20(17,18)12-6-7-14(19-3)13(15)8-12/h6-8,10-11H,4-5,9H2,1-3H3. The molecule has 0 spiro atoms. The normalized spacial score (nSPS) is 24.6. The molecule has 0 aliphatic carbocycles. The Labute approximate surface area is 129 Å². The molecule has 6 heteroatoms. The summed E-state index contributed by atoms with van der Waals surface area (Å²) in [5, 5.41) is 0. The van der Waals surface area contributed by atoms with Gasteiger partial charge in [0.15, 0.2) is 0 Å². The molecule has 0 aromatic heterocycles. The topological polar surface area (TPSA) is 46.6 Å². The average Bonchev–Trinajstić information content (AvgIpc) is 2.41. The quantitative estimate of drug-likeness (QED) is 0.829. The van der Waals surface area contributed by atoms with Gasteiger partial charge in [0.25, 0.3) is 0 Å². The third-order valence-electron chi connectivity index (χ3n) is 3.79. The molecule has 1 heterocycles. The number of hydrogen-bond acceptors (Lipinski definition) is 3. The third-order valence-corrected chi connectivity index (χ3v) is 6.39. The summed E-state index contributed by atoms with van der Waals surface area (Å²) in [7, 11) is -1.89. The van der Waals surface area contributed by atoms with Crippen molar-refractivity contribution in [2.75, 3.05) is 13.7 Å². The van der Waals surface area contributed by atoms with E-state index in [0.717, 1.165) is 12.8 Å². The van der Waals surface area contributed by atoms with E-state index >= 15 is 0 Å². The molecule has 1 aliphatic rings. The molecule has 0 amide bonds. The highest BCUT2D eigenvalue weighted by Gasteiger charge is 2.33. The molecular formula is C14H20BrNO3S. The highest BCUT2D eigenvalue weighted by Crippen LogP contribution is 2.32. The summed E-state index contributed by atoms with van der Waals surface area (Å²) in [6.07, 6.45) is 2.00. The molecule has 20 heavy (non-hydrogen) atoms. The summed E-state index contributed by atoms with van der Waals surface area (Å²) in [5.74, 6) is 1.03. The second-order valence-electron chi connectivity index (χ2n) is 5.40. The zero-order valence-corrected chi connectivity index (χ0v) is 14.4. The fourth-order valence-electron chi connectivity index (χ4n) is 2.53. The molecular weight excluding hydrogens is 342 g/mol. The molecule has 0 bridgehead atoms. The Morgan fingerprint density at radius 3 is 2.60 bits per heavy atom. The van der Waals surface area contributed by atoms with Gasteiger partial charge in [0.05, 0.1) is 16.5 Å². The highest BCUT2D eigenvalue weighted by molar-refractivity contribution is 9.10. The second-order valence-corrected chi connectivity index (χ2v) is 8.15. The van der Waals surface area contributed by atoms with Crippen molar-refractivity contribution in [2.24, 2.45) is 5.92 Å². The van der Waals surface area contributed by atoms with Crippen molar-refractivity contribution in [1.82, 2.24) is 4.31 Å². The molecule has 2 rings (SSSR count). The predicted molar refractivity (Wildman–Crippen MR) is 82.4 cm³/mol. The minimum Gasteiger partial charge on any atom is -0.496 e. The van der Waals surface area contributed by atoms with Crippen LogP contribution in [-0.2, 0) is 10.0 Å². The fraction of sp³-hybridized carbons (Fsp3) is 0.571. The number of piperidine rings is 1. The number of rotatable bonds is 3. The molecule has 0 N–H and O–H groups in total. The first kappa shape index (κ1) is 15.8. The SMILES string of the molecule is COc1ccc(S(=O)(=O)N2CC(C)CCC2C)cc1Br. The van der Waals surface area contributed by atoms with Gasteiger partial charge in [0, 0.05) is 12.6 Å². The van der Waals surface area contributed by atoms with Crippen LogP contribution in [0.2, 0.25) is 0 Å². The Balaban J connectivity index is 2.36. The zero-order chi connectivity index (χ0) is 14.9. The number of ether oxygens (including phenoxy) is 1. The predicted octanol–water partition coefficient (Wildman–Crippen LogP) is 3.27. The van der Waals surface area contributed by atoms with Crippen molar-refractivity contribution in [2.45, 2.75) is 37.6 Å². The molecule has 1 aliphatic heterocycles. The average molecular weight is 362 g/mol. The van der Waals surface area contributed by atoms with Crippen LogP contribution in [0.1, 0.15) is 26.7 Å². The Morgan fingerprint density at radius 2 is 2.00 bits per heavy atom. The number of sulfonamides is 1. The summed E-state index contributed by atoms with van der Waals surface area (Å²) in [4.78, 5) is 0.311. The van der Waals surface area contributed by atoms with Crippen molar-refractivity contribution >= 4 is 26.0 Å². The van der Waals surface area contributed by atoms with Crippen molar-refractivity contribution in [1.29, 1.82) is 0 Å². The largest absolute Gasteiger partial charge is 0.496 e.